The van der Waals surface area contributed by atoms with Crippen LogP contribution in [0.5, 0.6) is 0 Å². The Hall–Kier alpha value is -2.90. The van der Waals surface area contributed by atoms with E-state index in [0.717, 1.165) is 10.9 Å². The second-order valence-corrected chi connectivity index (χ2v) is 6.95. The van der Waals surface area contributed by atoms with E-state index in [1.807, 2.05) is 0 Å². The van der Waals surface area contributed by atoms with E-state index in [0.29, 0.717) is 24.9 Å². The molecule has 0 spiro atoms. The van der Waals surface area contributed by atoms with Crippen LogP contribution in [0.2, 0.25) is 0 Å². The second-order valence-electron chi connectivity index (χ2n) is 6.95. The van der Waals surface area contributed by atoms with E-state index >= 15 is 0 Å². The predicted molar refractivity (Wildman–Crippen MR) is 96.5 cm³/mol. The Morgan fingerprint density at radius 2 is 2.15 bits per heavy atom. The highest BCUT2D eigenvalue weighted by molar-refractivity contribution is 5.90. The summed E-state index contributed by atoms with van der Waals surface area (Å²) >= 11 is 0. The third-order valence-electron chi connectivity index (χ3n) is 4.99. The molecule has 1 aliphatic rings. The molecular weight excluding hydrogens is 353 g/mol. The molecule has 27 heavy (non-hydrogen) atoms. The number of H-pyrrole nitrogens is 1. The van der Waals surface area contributed by atoms with Crippen molar-refractivity contribution in [3.63, 3.8) is 0 Å². The molecular formula is C19H22FN3O4. The van der Waals surface area contributed by atoms with Crippen LogP contribution < -0.4 is 0 Å². The molecule has 2 aromatic rings. The highest BCUT2D eigenvalue weighted by atomic mass is 19.1. The van der Waals surface area contributed by atoms with Gasteiger partial charge in [0.15, 0.2) is 0 Å². The number of carbonyl (C=O) groups excluding carboxylic acids is 2. The number of rotatable bonds is 5. The highest BCUT2D eigenvalue weighted by Gasteiger charge is 2.29. The number of likely N-dealkylation sites (N-methyl/N-ethyl adjacent to an activating group) is 1. The predicted octanol–water partition coefficient (Wildman–Crippen LogP) is 1.63. The van der Waals surface area contributed by atoms with E-state index in [9.17, 15) is 18.8 Å². The summed E-state index contributed by atoms with van der Waals surface area (Å²) in [6.07, 6.45) is 2.97. The van der Waals surface area contributed by atoms with Gasteiger partial charge in [-0.15, -0.1) is 0 Å². The van der Waals surface area contributed by atoms with E-state index < -0.39 is 11.9 Å². The number of carboxylic acids is 1. The van der Waals surface area contributed by atoms with E-state index in [1.165, 1.54) is 21.9 Å². The van der Waals surface area contributed by atoms with Crippen LogP contribution in [0.3, 0.4) is 0 Å². The molecule has 3 rings (SSSR count). The minimum Gasteiger partial charge on any atom is -0.481 e. The molecule has 1 aromatic carbocycles. The number of likely N-dealkylation sites (tertiary alicyclic amines) is 1. The average molecular weight is 375 g/mol. The van der Waals surface area contributed by atoms with Crippen molar-refractivity contribution in [2.75, 3.05) is 26.7 Å². The number of piperidine rings is 1. The number of aliphatic carboxylic acids is 1. The van der Waals surface area contributed by atoms with Crippen LogP contribution in [0.15, 0.2) is 24.4 Å². The molecule has 1 aromatic heterocycles. The minimum absolute atomic E-state index is 0.0904. The first-order valence-electron chi connectivity index (χ1n) is 8.85. The largest absolute Gasteiger partial charge is 0.481 e. The molecule has 8 heteroatoms. The number of aromatic amines is 1. The average Bonchev–Trinajstić information content (AvgIpc) is 3.03. The molecule has 1 saturated heterocycles. The lowest BCUT2D eigenvalue weighted by molar-refractivity contribution is -0.147. The van der Waals surface area contributed by atoms with Gasteiger partial charge in [0.25, 0.3) is 0 Å². The number of hydrogen-bond acceptors (Lipinski definition) is 3. The Morgan fingerprint density at radius 1 is 1.37 bits per heavy atom. The molecule has 1 atom stereocenters. The Kier molecular flexibility index (Phi) is 5.43. The zero-order chi connectivity index (χ0) is 19.6. The number of hydrogen-bond donors (Lipinski definition) is 2. The van der Waals surface area contributed by atoms with Gasteiger partial charge in [0.05, 0.1) is 18.9 Å². The number of nitrogens with zero attached hydrogens (tertiary/aromatic N) is 2. The smallest absolute Gasteiger partial charge is 0.308 e. The maximum absolute atomic E-state index is 13.3. The van der Waals surface area contributed by atoms with Crippen LogP contribution in [0, 0.1) is 11.7 Å². The Labute approximate surface area is 155 Å². The molecule has 0 radical (unpaired) electrons. The van der Waals surface area contributed by atoms with E-state index in [2.05, 4.69) is 4.98 Å². The summed E-state index contributed by atoms with van der Waals surface area (Å²) < 4.78 is 13.3. The van der Waals surface area contributed by atoms with E-state index in [-0.39, 0.29) is 37.1 Å². The number of halogens is 1. The van der Waals surface area contributed by atoms with Crippen LogP contribution in [0.1, 0.15) is 18.4 Å². The van der Waals surface area contributed by atoms with Crippen LogP contribution >= 0.6 is 0 Å². The van der Waals surface area contributed by atoms with E-state index in [4.69, 9.17) is 5.11 Å². The number of carbonyl (C=O) groups is 3. The molecule has 1 aliphatic heterocycles. The van der Waals surface area contributed by atoms with Crippen molar-refractivity contribution < 1.29 is 23.9 Å². The van der Waals surface area contributed by atoms with E-state index in [1.54, 1.807) is 19.3 Å². The maximum atomic E-state index is 13.3. The van der Waals surface area contributed by atoms with Crippen molar-refractivity contribution in [1.82, 2.24) is 14.8 Å². The number of aromatic nitrogens is 1. The van der Waals surface area contributed by atoms with Gasteiger partial charge in [-0.1, -0.05) is 0 Å². The zero-order valence-corrected chi connectivity index (χ0v) is 15.1. The third-order valence-corrected chi connectivity index (χ3v) is 4.99. The fraction of sp³-hybridized carbons (Fsp3) is 0.421. The molecule has 0 bridgehead atoms. The van der Waals surface area contributed by atoms with Crippen molar-refractivity contribution in [1.29, 1.82) is 0 Å². The summed E-state index contributed by atoms with van der Waals surface area (Å²) in [7, 11) is 1.55. The molecule has 2 heterocycles. The first-order chi connectivity index (χ1) is 12.8. The lowest BCUT2D eigenvalue weighted by atomic mass is 9.98. The van der Waals surface area contributed by atoms with Crippen molar-refractivity contribution in [3.05, 3.63) is 35.8 Å². The summed E-state index contributed by atoms with van der Waals surface area (Å²) in [6.45, 7) is 0.602. The van der Waals surface area contributed by atoms with Crippen molar-refractivity contribution in [3.8, 4) is 0 Å². The van der Waals surface area contributed by atoms with Gasteiger partial charge < -0.3 is 19.9 Å². The SMILES string of the molecule is CN(CC(=O)N1CCCC(C(=O)O)C1)C(=O)Cc1c[nH]c2cc(F)ccc12. The Bertz CT molecular complexity index is 879. The molecule has 2 amide bonds. The molecule has 1 unspecified atom stereocenters. The lowest BCUT2D eigenvalue weighted by Crippen LogP contribution is -2.47. The fourth-order valence-corrected chi connectivity index (χ4v) is 3.40. The second kappa shape index (κ2) is 7.77. The van der Waals surface area contributed by atoms with Gasteiger partial charge in [0, 0.05) is 37.2 Å². The number of amides is 2. The molecule has 1 fully saturated rings. The quantitative estimate of drug-likeness (QED) is 0.831. The van der Waals surface area contributed by atoms with Gasteiger partial charge >= 0.3 is 5.97 Å². The highest BCUT2D eigenvalue weighted by Crippen LogP contribution is 2.20. The Balaban J connectivity index is 1.60. The van der Waals surface area contributed by atoms with Gasteiger partial charge in [-0.25, -0.2) is 4.39 Å². The molecule has 0 aliphatic carbocycles. The number of nitrogens with one attached hydrogen (secondary N) is 1. The van der Waals surface area contributed by atoms with Crippen LogP contribution in [0.25, 0.3) is 10.9 Å². The third kappa shape index (κ3) is 4.27. The number of carboxylic acid groups (broad SMARTS) is 1. The summed E-state index contributed by atoms with van der Waals surface area (Å²) in [4.78, 5) is 41.8. The van der Waals surface area contributed by atoms with Gasteiger partial charge in [-0.2, -0.15) is 0 Å². The molecule has 7 nitrogen and oxygen atoms in total. The van der Waals surface area contributed by atoms with Gasteiger partial charge in [-0.3, -0.25) is 14.4 Å². The number of fused-ring (bicyclic) bond motifs is 1. The Morgan fingerprint density at radius 3 is 2.89 bits per heavy atom. The van der Waals surface area contributed by atoms with Crippen LogP contribution in [-0.2, 0) is 20.8 Å². The van der Waals surface area contributed by atoms with Crippen LogP contribution in [0.4, 0.5) is 4.39 Å². The fourth-order valence-electron chi connectivity index (χ4n) is 3.40. The summed E-state index contributed by atoms with van der Waals surface area (Å²) in [5.41, 5.74) is 1.35. The van der Waals surface area contributed by atoms with Gasteiger partial charge in [-0.05, 0) is 36.6 Å². The molecule has 2 N–H and O–H groups in total. The van der Waals surface area contributed by atoms with Crippen molar-refractivity contribution in [2.24, 2.45) is 5.92 Å². The topological polar surface area (TPSA) is 93.7 Å². The first kappa shape index (κ1) is 18.9. The normalized spacial score (nSPS) is 17.1. The monoisotopic (exact) mass is 375 g/mol. The van der Waals surface area contributed by atoms with Gasteiger partial charge in [0.2, 0.25) is 11.8 Å². The zero-order valence-electron chi connectivity index (χ0n) is 15.1. The first-order valence-corrected chi connectivity index (χ1v) is 8.85. The van der Waals surface area contributed by atoms with Crippen LogP contribution in [-0.4, -0.2) is 64.4 Å². The van der Waals surface area contributed by atoms with Crippen molar-refractivity contribution in [2.45, 2.75) is 19.3 Å². The molecule has 144 valence electrons. The summed E-state index contributed by atoms with van der Waals surface area (Å²) in [6, 6.07) is 4.33. The minimum atomic E-state index is -0.896. The molecule has 0 saturated carbocycles. The number of benzene rings is 1. The lowest BCUT2D eigenvalue weighted by Gasteiger charge is -2.32. The standard InChI is InChI=1S/C19H22FN3O4/c1-22(11-18(25)23-6-2-3-12(10-23)19(26)27)17(24)7-13-9-21-16-8-14(20)4-5-15(13)16/h4-5,8-9,12,21H,2-3,6-7,10-11H2,1H3,(H,26,27). The summed E-state index contributed by atoms with van der Waals surface area (Å²) in [5, 5.41) is 9.89. The van der Waals surface area contributed by atoms with Crippen molar-refractivity contribution >= 4 is 28.7 Å². The summed E-state index contributed by atoms with van der Waals surface area (Å²) in [5.74, 6) is -2.28. The van der Waals surface area contributed by atoms with Gasteiger partial charge in [0.1, 0.15) is 5.82 Å². The maximum Gasteiger partial charge on any atom is 0.308 e.